The largest absolute Gasteiger partial charge is 0.339 e. The molecule has 2 nitrogen and oxygen atoms in total. The minimum absolute atomic E-state index is 0.186. The summed E-state index contributed by atoms with van der Waals surface area (Å²) in [7, 11) is 0. The Balaban J connectivity index is 2.14. The Morgan fingerprint density at radius 1 is 1.10 bits per heavy atom. The van der Waals surface area contributed by atoms with Crippen molar-refractivity contribution in [1.82, 2.24) is 0 Å². The number of halogens is 2. The number of rotatable bonds is 1. The Bertz CT molecular complexity index is 734. The number of fused-ring (bicyclic) bond motifs is 1. The standard InChI is InChI=1S/C17H14F2N2/c1-11-8-12-4-2-3-5-14(12)21(10-11)15-7-6-13(9-20)16(18)17(15)19/h2-7,11H,8,10H2,1H3. The third-order valence-corrected chi connectivity index (χ3v) is 3.82. The van der Waals surface area contributed by atoms with Crippen LogP contribution in [0.2, 0.25) is 0 Å². The molecule has 1 heterocycles. The second kappa shape index (κ2) is 5.17. The molecule has 106 valence electrons. The Morgan fingerprint density at radius 3 is 2.62 bits per heavy atom. The van der Waals surface area contributed by atoms with Crippen LogP contribution in [-0.2, 0) is 6.42 Å². The summed E-state index contributed by atoms with van der Waals surface area (Å²) in [6.07, 6.45) is 0.924. The van der Waals surface area contributed by atoms with Crippen LogP contribution in [0.15, 0.2) is 36.4 Å². The maximum atomic E-state index is 14.3. The summed E-state index contributed by atoms with van der Waals surface area (Å²) in [5, 5.41) is 8.77. The van der Waals surface area contributed by atoms with E-state index in [1.165, 1.54) is 12.1 Å². The van der Waals surface area contributed by atoms with E-state index in [1.807, 2.05) is 24.3 Å². The molecule has 4 heteroatoms. The van der Waals surface area contributed by atoms with Crippen LogP contribution >= 0.6 is 0 Å². The fourth-order valence-corrected chi connectivity index (χ4v) is 2.86. The predicted molar refractivity (Wildman–Crippen MR) is 77.4 cm³/mol. The smallest absolute Gasteiger partial charge is 0.183 e. The second-order valence-electron chi connectivity index (χ2n) is 5.42. The van der Waals surface area contributed by atoms with Gasteiger partial charge in [-0.2, -0.15) is 5.26 Å². The third-order valence-electron chi connectivity index (χ3n) is 3.82. The lowest BCUT2D eigenvalue weighted by Gasteiger charge is -2.35. The molecule has 21 heavy (non-hydrogen) atoms. The molecule has 0 fully saturated rings. The van der Waals surface area contributed by atoms with Crippen molar-refractivity contribution < 1.29 is 8.78 Å². The van der Waals surface area contributed by atoms with Gasteiger partial charge in [0.05, 0.1) is 11.3 Å². The number of nitrogens with zero attached hydrogens (tertiary/aromatic N) is 2. The van der Waals surface area contributed by atoms with E-state index in [4.69, 9.17) is 5.26 Å². The van der Waals surface area contributed by atoms with Gasteiger partial charge in [-0.1, -0.05) is 25.1 Å². The van der Waals surface area contributed by atoms with E-state index >= 15 is 0 Å². The number of hydrogen-bond acceptors (Lipinski definition) is 2. The lowest BCUT2D eigenvalue weighted by molar-refractivity contribution is 0.499. The summed E-state index contributed by atoms with van der Waals surface area (Å²) in [6, 6.07) is 12.2. The number of nitriles is 1. The van der Waals surface area contributed by atoms with Crippen LogP contribution in [0.4, 0.5) is 20.2 Å². The van der Waals surface area contributed by atoms with E-state index in [9.17, 15) is 8.78 Å². The summed E-state index contributed by atoms with van der Waals surface area (Å²) >= 11 is 0. The molecule has 0 amide bonds. The van der Waals surface area contributed by atoms with E-state index in [0.717, 1.165) is 17.7 Å². The van der Waals surface area contributed by atoms with Gasteiger partial charge in [-0.25, -0.2) is 8.78 Å². The number of para-hydroxylation sites is 1. The zero-order chi connectivity index (χ0) is 15.0. The minimum atomic E-state index is -1.08. The van der Waals surface area contributed by atoms with Crippen molar-refractivity contribution in [3.8, 4) is 6.07 Å². The first-order chi connectivity index (χ1) is 10.1. The highest BCUT2D eigenvalue weighted by Crippen LogP contribution is 2.37. The van der Waals surface area contributed by atoms with E-state index in [-0.39, 0.29) is 11.3 Å². The zero-order valence-corrected chi connectivity index (χ0v) is 11.6. The summed E-state index contributed by atoms with van der Waals surface area (Å²) in [4.78, 5) is 1.79. The van der Waals surface area contributed by atoms with Gasteiger partial charge in [-0.05, 0) is 36.1 Å². The van der Waals surface area contributed by atoms with Gasteiger partial charge in [0.15, 0.2) is 11.6 Å². The zero-order valence-electron chi connectivity index (χ0n) is 11.6. The molecule has 3 rings (SSSR count). The summed E-state index contributed by atoms with van der Waals surface area (Å²) in [5.74, 6) is -1.69. The molecule has 1 unspecified atom stereocenters. The quantitative estimate of drug-likeness (QED) is 0.786. The molecular formula is C17H14F2N2. The first kappa shape index (κ1) is 13.6. The lowest BCUT2D eigenvalue weighted by atomic mass is 9.93. The van der Waals surface area contributed by atoms with Gasteiger partial charge in [0.25, 0.3) is 0 Å². The number of benzene rings is 2. The molecule has 0 spiro atoms. The molecule has 0 saturated heterocycles. The van der Waals surface area contributed by atoms with Gasteiger partial charge in [0.1, 0.15) is 6.07 Å². The normalized spacial score (nSPS) is 17.2. The fourth-order valence-electron chi connectivity index (χ4n) is 2.86. The number of hydrogen-bond donors (Lipinski definition) is 0. The van der Waals surface area contributed by atoms with Crippen LogP contribution in [0.5, 0.6) is 0 Å². The monoisotopic (exact) mass is 284 g/mol. The van der Waals surface area contributed by atoms with Gasteiger partial charge in [-0.15, -0.1) is 0 Å². The van der Waals surface area contributed by atoms with E-state index in [2.05, 4.69) is 6.92 Å². The molecule has 2 aromatic carbocycles. The molecule has 1 aliphatic rings. The minimum Gasteiger partial charge on any atom is -0.339 e. The maximum absolute atomic E-state index is 14.3. The van der Waals surface area contributed by atoms with Gasteiger partial charge >= 0.3 is 0 Å². The van der Waals surface area contributed by atoms with E-state index < -0.39 is 11.6 Å². The van der Waals surface area contributed by atoms with Crippen LogP contribution in [0.25, 0.3) is 0 Å². The van der Waals surface area contributed by atoms with Crippen LogP contribution < -0.4 is 4.90 Å². The highest BCUT2D eigenvalue weighted by Gasteiger charge is 2.26. The van der Waals surface area contributed by atoms with Crippen LogP contribution in [0, 0.1) is 28.9 Å². The van der Waals surface area contributed by atoms with Crippen molar-refractivity contribution >= 4 is 11.4 Å². The first-order valence-corrected chi connectivity index (χ1v) is 6.85. The Morgan fingerprint density at radius 2 is 1.86 bits per heavy atom. The molecule has 0 radical (unpaired) electrons. The van der Waals surface area contributed by atoms with Crippen molar-refractivity contribution in [3.05, 3.63) is 59.2 Å². The summed E-state index contributed by atoms with van der Waals surface area (Å²) in [6.45, 7) is 2.71. The van der Waals surface area contributed by atoms with Gasteiger partial charge in [0, 0.05) is 12.2 Å². The first-order valence-electron chi connectivity index (χ1n) is 6.85. The van der Waals surface area contributed by atoms with E-state index in [1.54, 1.807) is 11.0 Å². The SMILES string of the molecule is CC1Cc2ccccc2N(c2ccc(C#N)c(F)c2F)C1. The lowest BCUT2D eigenvalue weighted by Crippen LogP contribution is -2.31. The Kier molecular flexibility index (Phi) is 3.34. The molecular weight excluding hydrogens is 270 g/mol. The molecule has 0 N–H and O–H groups in total. The predicted octanol–water partition coefficient (Wildman–Crippen LogP) is 4.17. The van der Waals surface area contributed by atoms with Crippen LogP contribution in [0.3, 0.4) is 0 Å². The highest BCUT2D eigenvalue weighted by molar-refractivity contribution is 5.69. The van der Waals surface area contributed by atoms with Crippen LogP contribution in [-0.4, -0.2) is 6.54 Å². The van der Waals surface area contributed by atoms with Gasteiger partial charge in [-0.3, -0.25) is 0 Å². The van der Waals surface area contributed by atoms with Crippen LogP contribution in [0.1, 0.15) is 18.1 Å². The van der Waals surface area contributed by atoms with Crippen molar-refractivity contribution in [2.24, 2.45) is 5.92 Å². The molecule has 2 aromatic rings. The topological polar surface area (TPSA) is 27.0 Å². The average molecular weight is 284 g/mol. The third kappa shape index (κ3) is 2.25. The molecule has 0 saturated carbocycles. The number of anilines is 2. The molecule has 1 aliphatic heterocycles. The van der Waals surface area contributed by atoms with Gasteiger partial charge < -0.3 is 4.90 Å². The molecule has 0 aromatic heterocycles. The molecule has 0 bridgehead atoms. The Labute approximate surface area is 122 Å². The van der Waals surface area contributed by atoms with Crippen molar-refractivity contribution in [1.29, 1.82) is 5.26 Å². The van der Waals surface area contributed by atoms with Crippen molar-refractivity contribution in [2.45, 2.75) is 13.3 Å². The van der Waals surface area contributed by atoms with E-state index in [0.29, 0.717) is 12.5 Å². The Hall–Kier alpha value is -2.41. The molecule has 0 aliphatic carbocycles. The summed E-state index contributed by atoms with van der Waals surface area (Å²) in [5.41, 5.74) is 1.94. The van der Waals surface area contributed by atoms with Gasteiger partial charge in [0.2, 0.25) is 0 Å². The van der Waals surface area contributed by atoms with Crippen molar-refractivity contribution in [3.63, 3.8) is 0 Å². The summed E-state index contributed by atoms with van der Waals surface area (Å²) < 4.78 is 28.2. The van der Waals surface area contributed by atoms with Crippen molar-refractivity contribution in [2.75, 3.05) is 11.4 Å². The maximum Gasteiger partial charge on any atom is 0.183 e. The molecule has 1 atom stereocenters. The second-order valence-corrected chi connectivity index (χ2v) is 5.42. The average Bonchev–Trinajstić information content (AvgIpc) is 2.49. The fraction of sp³-hybridized carbons (Fsp3) is 0.235. The highest BCUT2D eigenvalue weighted by atomic mass is 19.2.